The summed E-state index contributed by atoms with van der Waals surface area (Å²) in [6, 6.07) is 9.93. The molecule has 1 aromatic rings. The van der Waals surface area contributed by atoms with Gasteiger partial charge in [-0.15, -0.1) is 12.4 Å². The van der Waals surface area contributed by atoms with Gasteiger partial charge in [-0.1, -0.05) is 30.3 Å². The van der Waals surface area contributed by atoms with Gasteiger partial charge in [-0.3, -0.25) is 4.79 Å². The third-order valence-corrected chi connectivity index (χ3v) is 2.90. The molecule has 2 atom stereocenters. The van der Waals surface area contributed by atoms with Gasteiger partial charge in [0.2, 0.25) is 0 Å². The van der Waals surface area contributed by atoms with Crippen molar-refractivity contribution in [3.8, 4) is 0 Å². The molecule has 0 aromatic heterocycles. The van der Waals surface area contributed by atoms with Crippen molar-refractivity contribution >= 4 is 18.4 Å². The average molecular weight is 242 g/mol. The fourth-order valence-corrected chi connectivity index (χ4v) is 2.14. The number of rotatable bonds is 2. The number of carbonyl (C=O) groups excluding carboxylic acids is 1. The van der Waals surface area contributed by atoms with Gasteiger partial charge in [-0.25, -0.2) is 0 Å². The molecule has 0 radical (unpaired) electrons. The van der Waals surface area contributed by atoms with E-state index in [9.17, 15) is 4.79 Å². The van der Waals surface area contributed by atoms with Gasteiger partial charge in [0.15, 0.2) is 0 Å². The molecule has 1 aliphatic heterocycles. The van der Waals surface area contributed by atoms with Gasteiger partial charge in [-0.05, 0) is 18.5 Å². The maximum atomic E-state index is 11.5. The van der Waals surface area contributed by atoms with Crippen molar-refractivity contribution in [3.05, 3.63) is 35.9 Å². The Labute approximate surface area is 102 Å². The molecule has 0 aliphatic carbocycles. The molecule has 2 rings (SSSR count). The van der Waals surface area contributed by atoms with Crippen molar-refractivity contribution in [1.82, 2.24) is 5.32 Å². The van der Waals surface area contributed by atoms with Gasteiger partial charge >= 0.3 is 5.97 Å². The highest BCUT2D eigenvalue weighted by Gasteiger charge is 2.34. The summed E-state index contributed by atoms with van der Waals surface area (Å²) in [4.78, 5) is 11.5. The Bertz CT molecular complexity index is 342. The molecule has 3 nitrogen and oxygen atoms in total. The van der Waals surface area contributed by atoms with Gasteiger partial charge < -0.3 is 10.1 Å². The maximum absolute atomic E-state index is 11.5. The molecule has 0 amide bonds. The minimum atomic E-state index is -0.183. The van der Waals surface area contributed by atoms with Crippen LogP contribution in [0.15, 0.2) is 30.3 Å². The second-order valence-electron chi connectivity index (χ2n) is 3.76. The summed E-state index contributed by atoms with van der Waals surface area (Å²) in [7, 11) is 1.43. The van der Waals surface area contributed by atoms with Crippen LogP contribution in [0.1, 0.15) is 17.9 Å². The lowest BCUT2D eigenvalue weighted by Gasteiger charge is -2.17. The molecule has 1 aliphatic rings. The van der Waals surface area contributed by atoms with E-state index in [1.807, 2.05) is 18.2 Å². The Balaban J connectivity index is 0.00000128. The van der Waals surface area contributed by atoms with E-state index in [-0.39, 0.29) is 30.3 Å². The first-order valence-electron chi connectivity index (χ1n) is 5.19. The lowest BCUT2D eigenvalue weighted by molar-refractivity contribution is -0.143. The normalized spacial score (nSPS) is 23.6. The number of carbonyl (C=O) groups is 1. The third kappa shape index (κ3) is 2.54. The van der Waals surface area contributed by atoms with Crippen LogP contribution in [0.5, 0.6) is 0 Å². The fourth-order valence-electron chi connectivity index (χ4n) is 2.14. The lowest BCUT2D eigenvalue weighted by atomic mass is 9.92. The summed E-state index contributed by atoms with van der Waals surface area (Å²) in [6.07, 6.45) is 0.990. The van der Waals surface area contributed by atoms with Crippen LogP contribution < -0.4 is 5.32 Å². The van der Waals surface area contributed by atoms with E-state index in [4.69, 9.17) is 4.74 Å². The minimum Gasteiger partial charge on any atom is -0.468 e. The first-order chi connectivity index (χ1) is 7.33. The lowest BCUT2D eigenvalue weighted by Crippen LogP contribution is -2.35. The number of methoxy groups -OCH3 is 1. The van der Waals surface area contributed by atoms with Crippen molar-refractivity contribution in [2.75, 3.05) is 13.7 Å². The highest BCUT2D eigenvalue weighted by atomic mass is 35.5. The summed E-state index contributed by atoms with van der Waals surface area (Å²) in [5.74, 6) is 0.0833. The molecule has 0 unspecified atom stereocenters. The van der Waals surface area contributed by atoms with Crippen LogP contribution in [0.4, 0.5) is 0 Å². The van der Waals surface area contributed by atoms with Crippen LogP contribution >= 0.6 is 12.4 Å². The number of esters is 1. The number of nitrogens with one attached hydrogen (secondary N) is 1. The molecule has 0 saturated carbocycles. The Morgan fingerprint density at radius 2 is 2.06 bits per heavy atom. The van der Waals surface area contributed by atoms with Crippen LogP contribution in [-0.2, 0) is 9.53 Å². The maximum Gasteiger partial charge on any atom is 0.323 e. The molecule has 1 heterocycles. The molecule has 1 fully saturated rings. The zero-order chi connectivity index (χ0) is 10.7. The number of halogens is 1. The molecule has 0 spiro atoms. The zero-order valence-corrected chi connectivity index (χ0v) is 10.00. The van der Waals surface area contributed by atoms with E-state index in [0.29, 0.717) is 0 Å². The van der Waals surface area contributed by atoms with Crippen LogP contribution in [0, 0.1) is 0 Å². The topological polar surface area (TPSA) is 38.3 Å². The minimum absolute atomic E-state index is 0. The van der Waals surface area contributed by atoms with Crippen LogP contribution in [0.25, 0.3) is 0 Å². The third-order valence-electron chi connectivity index (χ3n) is 2.90. The molecule has 0 bridgehead atoms. The number of hydrogen-bond donors (Lipinski definition) is 1. The molecule has 1 N–H and O–H groups in total. The standard InChI is InChI=1S/C12H15NO2.ClH/c1-15-12(14)11-10(7-8-13-11)9-5-3-2-4-6-9;/h2-6,10-11,13H,7-8H2,1H3;1H/t10-,11-;/m1./s1. The monoisotopic (exact) mass is 241 g/mol. The highest BCUT2D eigenvalue weighted by molar-refractivity contribution is 5.85. The zero-order valence-electron chi connectivity index (χ0n) is 9.18. The molecule has 1 saturated heterocycles. The van der Waals surface area contributed by atoms with E-state index in [1.54, 1.807) is 0 Å². The highest BCUT2D eigenvalue weighted by Crippen LogP contribution is 2.27. The smallest absolute Gasteiger partial charge is 0.323 e. The fraction of sp³-hybridized carbons (Fsp3) is 0.417. The van der Waals surface area contributed by atoms with E-state index in [2.05, 4.69) is 17.4 Å². The number of ether oxygens (including phenoxy) is 1. The van der Waals surface area contributed by atoms with Crippen molar-refractivity contribution in [2.45, 2.75) is 18.4 Å². The SMILES string of the molecule is COC(=O)[C@@H]1NCC[C@@H]1c1ccccc1.Cl. The Morgan fingerprint density at radius 1 is 1.38 bits per heavy atom. The number of benzene rings is 1. The summed E-state index contributed by atoms with van der Waals surface area (Å²) < 4.78 is 4.78. The van der Waals surface area contributed by atoms with Gasteiger partial charge in [0.1, 0.15) is 6.04 Å². The van der Waals surface area contributed by atoms with Crippen molar-refractivity contribution < 1.29 is 9.53 Å². The predicted octanol–water partition coefficient (Wildman–Crippen LogP) is 1.73. The van der Waals surface area contributed by atoms with Gasteiger partial charge in [0, 0.05) is 5.92 Å². The summed E-state index contributed by atoms with van der Waals surface area (Å²) >= 11 is 0. The molecule has 16 heavy (non-hydrogen) atoms. The van der Waals surface area contributed by atoms with Crippen molar-refractivity contribution in [1.29, 1.82) is 0 Å². The van der Waals surface area contributed by atoms with E-state index < -0.39 is 0 Å². The molecule has 1 aromatic carbocycles. The Kier molecular flexibility index (Phi) is 4.77. The molecule has 4 heteroatoms. The first kappa shape index (κ1) is 13.0. The van der Waals surface area contributed by atoms with E-state index in [0.717, 1.165) is 13.0 Å². The van der Waals surface area contributed by atoms with Crippen molar-refractivity contribution in [2.24, 2.45) is 0 Å². The van der Waals surface area contributed by atoms with Gasteiger partial charge in [0.05, 0.1) is 7.11 Å². The Morgan fingerprint density at radius 3 is 2.69 bits per heavy atom. The molecule has 88 valence electrons. The summed E-state index contributed by atoms with van der Waals surface area (Å²) in [5, 5.41) is 3.18. The van der Waals surface area contributed by atoms with Gasteiger partial charge in [0.25, 0.3) is 0 Å². The average Bonchev–Trinajstić information content (AvgIpc) is 2.78. The summed E-state index contributed by atoms with van der Waals surface area (Å²) in [5.41, 5.74) is 1.21. The van der Waals surface area contributed by atoms with E-state index in [1.165, 1.54) is 12.7 Å². The predicted molar refractivity (Wildman–Crippen MR) is 64.9 cm³/mol. The van der Waals surface area contributed by atoms with E-state index >= 15 is 0 Å². The van der Waals surface area contributed by atoms with Crippen LogP contribution in [-0.4, -0.2) is 25.7 Å². The Hall–Kier alpha value is -1.06. The van der Waals surface area contributed by atoms with Crippen LogP contribution in [0.3, 0.4) is 0 Å². The quantitative estimate of drug-likeness (QED) is 0.802. The van der Waals surface area contributed by atoms with Gasteiger partial charge in [-0.2, -0.15) is 0 Å². The molecular formula is C12H16ClNO2. The number of hydrogen-bond acceptors (Lipinski definition) is 3. The second kappa shape index (κ2) is 5.87. The van der Waals surface area contributed by atoms with Crippen LogP contribution in [0.2, 0.25) is 0 Å². The second-order valence-corrected chi connectivity index (χ2v) is 3.76. The summed E-state index contributed by atoms with van der Waals surface area (Å²) in [6.45, 7) is 0.874. The first-order valence-corrected chi connectivity index (χ1v) is 5.19. The largest absolute Gasteiger partial charge is 0.468 e. The molecular weight excluding hydrogens is 226 g/mol. The van der Waals surface area contributed by atoms with Crippen molar-refractivity contribution in [3.63, 3.8) is 0 Å².